The van der Waals surface area contributed by atoms with Crippen molar-refractivity contribution in [1.29, 1.82) is 0 Å². The number of rotatable bonds is 3. The number of hydrogen-bond donors (Lipinski definition) is 0. The van der Waals surface area contributed by atoms with E-state index >= 15 is 0 Å². The Labute approximate surface area is 154 Å². The Morgan fingerprint density at radius 1 is 1.00 bits per heavy atom. The number of benzene rings is 2. The number of piperidine rings is 1. The maximum atomic E-state index is 10.4. The van der Waals surface area contributed by atoms with Crippen molar-refractivity contribution in [2.75, 3.05) is 20.1 Å². The van der Waals surface area contributed by atoms with Crippen LogP contribution in [-0.2, 0) is 32.3 Å². The molecule has 0 amide bonds. The summed E-state index contributed by atoms with van der Waals surface area (Å²) >= 11 is 0. The molecule has 23 heavy (non-hydrogen) atoms. The molecule has 1 heterocycles. The topological polar surface area (TPSA) is 20.3 Å². The molecule has 0 aromatic heterocycles. The molecule has 0 bridgehead atoms. The molecular weight excluding hydrogens is 454 g/mol. The number of hydrogen-bond acceptors (Lipinski definition) is 2. The molecule has 3 heteroatoms. The summed E-state index contributed by atoms with van der Waals surface area (Å²) in [7, 11) is 2.17. The van der Waals surface area contributed by atoms with Crippen LogP contribution in [0.2, 0.25) is 0 Å². The van der Waals surface area contributed by atoms with E-state index in [1.807, 2.05) is 60.9 Å². The van der Waals surface area contributed by atoms with Crippen LogP contribution in [0.15, 0.2) is 54.6 Å². The molecule has 0 radical (unpaired) electrons. The molecule has 0 N–H and O–H groups in total. The maximum absolute atomic E-state index is 10.4. The van der Waals surface area contributed by atoms with Crippen LogP contribution in [0.3, 0.4) is 0 Å². The van der Waals surface area contributed by atoms with Gasteiger partial charge in [-0.25, -0.2) is 0 Å². The molecule has 2 nitrogen and oxygen atoms in total. The molecule has 1 aliphatic rings. The summed E-state index contributed by atoms with van der Waals surface area (Å²) in [5.74, 6) is 0. The fraction of sp³-hybridized carbons (Fsp3) is 0.300. The second kappa shape index (κ2) is 11.3. The zero-order valence-electron chi connectivity index (χ0n) is 13.6. The van der Waals surface area contributed by atoms with E-state index in [0.717, 1.165) is 16.7 Å². The normalized spacial score (nSPS) is 14.1. The number of nitrogens with zero attached hydrogens (tertiary/aromatic N) is 1. The maximum Gasteiger partial charge on any atom is 2.00 e. The molecule has 3 rings (SSSR count). The first-order valence-corrected chi connectivity index (χ1v) is 7.80. The van der Waals surface area contributed by atoms with Gasteiger partial charge in [-0.05, 0) is 31.3 Å². The van der Waals surface area contributed by atoms with E-state index in [4.69, 9.17) is 0 Å². The smallest absolute Gasteiger partial charge is 0.541 e. The molecule has 0 unspecified atom stereocenters. The minimum atomic E-state index is 0. The van der Waals surface area contributed by atoms with Crippen LogP contribution in [0.4, 0.5) is 0 Å². The van der Waals surface area contributed by atoms with Gasteiger partial charge in [0, 0.05) is 0 Å². The van der Waals surface area contributed by atoms with Crippen LogP contribution < -0.4 is 0 Å². The largest absolute Gasteiger partial charge is 2.00 e. The zero-order chi connectivity index (χ0) is 15.6. The Balaban J connectivity index is 0.000000280. The van der Waals surface area contributed by atoms with Gasteiger partial charge in [-0.15, -0.1) is 6.42 Å². The quantitative estimate of drug-likeness (QED) is 0.625. The second-order valence-corrected chi connectivity index (χ2v) is 5.51. The van der Waals surface area contributed by atoms with Crippen molar-refractivity contribution >= 4 is 6.29 Å². The van der Waals surface area contributed by atoms with Gasteiger partial charge in [-0.2, -0.15) is 12.8 Å². The zero-order valence-corrected chi connectivity index (χ0v) is 16.5. The Kier molecular flexibility index (Phi) is 9.75. The molecule has 0 atom stereocenters. The average Bonchev–Trinajstić information content (AvgIpc) is 2.58. The fourth-order valence-electron chi connectivity index (χ4n) is 2.53. The molecule has 1 fully saturated rings. The van der Waals surface area contributed by atoms with E-state index in [9.17, 15) is 4.79 Å². The summed E-state index contributed by atoms with van der Waals surface area (Å²) < 4.78 is 0. The Morgan fingerprint density at radius 2 is 1.61 bits per heavy atom. The van der Waals surface area contributed by atoms with E-state index in [0.29, 0.717) is 6.42 Å². The van der Waals surface area contributed by atoms with Crippen molar-refractivity contribution in [1.82, 2.24) is 4.90 Å². The predicted octanol–water partition coefficient (Wildman–Crippen LogP) is 3.92. The molecule has 0 saturated carbocycles. The minimum Gasteiger partial charge on any atom is -0.541 e. The third-order valence-electron chi connectivity index (χ3n) is 3.79. The molecule has 0 spiro atoms. The van der Waals surface area contributed by atoms with Gasteiger partial charge < -0.3 is 16.1 Å². The van der Waals surface area contributed by atoms with Crippen LogP contribution in [-0.4, -0.2) is 31.3 Å². The van der Waals surface area contributed by atoms with Gasteiger partial charge in [0.15, 0.2) is 0 Å². The van der Waals surface area contributed by atoms with Crippen LogP contribution in [0.5, 0.6) is 0 Å². The first-order chi connectivity index (χ1) is 10.8. The van der Waals surface area contributed by atoms with Crippen molar-refractivity contribution in [2.24, 2.45) is 0 Å². The summed E-state index contributed by atoms with van der Waals surface area (Å²) in [5, 5.41) is 0. The molecule has 120 valence electrons. The Morgan fingerprint density at radius 3 is 2.17 bits per heavy atom. The summed E-state index contributed by atoms with van der Waals surface area (Å²) in [5.41, 5.74) is 3.28. The van der Waals surface area contributed by atoms with Crippen molar-refractivity contribution in [3.05, 3.63) is 66.6 Å². The molecule has 2 aromatic rings. The van der Waals surface area contributed by atoms with Crippen LogP contribution >= 0.6 is 0 Å². The van der Waals surface area contributed by atoms with Gasteiger partial charge >= 0.3 is 21.1 Å². The van der Waals surface area contributed by atoms with Crippen molar-refractivity contribution in [2.45, 2.75) is 19.3 Å². The first-order valence-electron chi connectivity index (χ1n) is 7.80. The van der Waals surface area contributed by atoms with Crippen molar-refractivity contribution in [3.63, 3.8) is 0 Å². The van der Waals surface area contributed by atoms with Gasteiger partial charge in [0.05, 0.1) is 0 Å². The third kappa shape index (κ3) is 6.81. The Bertz CT molecular complexity index is 565. The van der Waals surface area contributed by atoms with Gasteiger partial charge in [0.1, 0.15) is 0 Å². The monoisotopic (exact) mass is 477 g/mol. The number of carbonyl (C=O) groups excluding carboxylic acids is 1. The van der Waals surface area contributed by atoms with Gasteiger partial charge in [-0.1, -0.05) is 60.2 Å². The SMILES string of the molecule is CN1CC[CH-]CC1.O=[C-]Cc1ccccc1-c1ccccc1.[W+2]. The Hall–Kier alpha value is -1.24. The van der Waals surface area contributed by atoms with E-state index in [1.54, 1.807) is 0 Å². The summed E-state index contributed by atoms with van der Waals surface area (Å²) in [6.07, 6.45) is 7.23. The first kappa shape index (κ1) is 19.8. The average molecular weight is 477 g/mol. The molecule has 0 aliphatic carbocycles. The van der Waals surface area contributed by atoms with Crippen LogP contribution in [0, 0.1) is 6.42 Å². The standard InChI is InChI=1S/C14H11O.C6H12N.W/c15-11-10-13-8-4-5-9-14(13)12-6-2-1-3-7-12;1-7-5-3-2-4-6-7;/h1-9H,10H2;2H,3-6H2,1H3;/q2*-1;+2. The van der Waals surface area contributed by atoms with Crippen molar-refractivity contribution in [3.8, 4) is 11.1 Å². The summed E-state index contributed by atoms with van der Waals surface area (Å²) in [6, 6.07) is 18.0. The van der Waals surface area contributed by atoms with E-state index in [1.165, 1.54) is 25.9 Å². The van der Waals surface area contributed by atoms with Crippen LogP contribution in [0.25, 0.3) is 11.1 Å². The third-order valence-corrected chi connectivity index (χ3v) is 3.79. The molecule has 1 saturated heterocycles. The van der Waals surface area contributed by atoms with Crippen LogP contribution in [0.1, 0.15) is 18.4 Å². The van der Waals surface area contributed by atoms with Gasteiger partial charge in [0.2, 0.25) is 0 Å². The number of likely N-dealkylation sites (tertiary alicyclic amines) is 1. The summed E-state index contributed by atoms with van der Waals surface area (Å²) in [4.78, 5) is 12.8. The van der Waals surface area contributed by atoms with E-state index in [-0.39, 0.29) is 21.1 Å². The summed E-state index contributed by atoms with van der Waals surface area (Å²) in [6.45, 7) is 2.53. The van der Waals surface area contributed by atoms with Crippen molar-refractivity contribution < 1.29 is 25.9 Å². The van der Waals surface area contributed by atoms with E-state index < -0.39 is 0 Å². The predicted molar refractivity (Wildman–Crippen MR) is 92.3 cm³/mol. The fourth-order valence-corrected chi connectivity index (χ4v) is 2.53. The van der Waals surface area contributed by atoms with Gasteiger partial charge in [-0.3, -0.25) is 6.29 Å². The second-order valence-electron chi connectivity index (χ2n) is 5.51. The molecule has 2 aromatic carbocycles. The molecular formula is C20H23NOW. The molecule has 1 aliphatic heterocycles. The van der Waals surface area contributed by atoms with E-state index in [2.05, 4.69) is 18.4 Å². The minimum absolute atomic E-state index is 0. The van der Waals surface area contributed by atoms with Gasteiger partial charge in [0.25, 0.3) is 0 Å².